The number of rotatable bonds is 7. The Hall–Kier alpha value is -2.48. The minimum absolute atomic E-state index is 0.276. The lowest BCUT2D eigenvalue weighted by atomic mass is 10.2. The number of amides is 1. The van der Waals surface area contributed by atoms with Gasteiger partial charge < -0.3 is 24.4 Å². The minimum atomic E-state index is -1.00. The van der Waals surface area contributed by atoms with E-state index in [2.05, 4.69) is 10.2 Å². The van der Waals surface area contributed by atoms with Crippen LogP contribution in [0.25, 0.3) is 0 Å². The molecule has 0 aromatic heterocycles. The van der Waals surface area contributed by atoms with Crippen molar-refractivity contribution in [3.8, 4) is 5.75 Å². The van der Waals surface area contributed by atoms with Crippen molar-refractivity contribution in [2.24, 2.45) is 0 Å². The van der Waals surface area contributed by atoms with E-state index in [1.54, 1.807) is 12.1 Å². The molecule has 0 spiro atoms. The molecule has 1 saturated heterocycles. The molecule has 2 aromatic rings. The van der Waals surface area contributed by atoms with Crippen LogP contribution in [0.15, 0.2) is 42.5 Å². The topological polar surface area (TPSA) is 77.1 Å². The number of ether oxygens (including phenoxy) is 3. The summed E-state index contributed by atoms with van der Waals surface area (Å²) < 4.78 is 16.1. The van der Waals surface area contributed by atoms with Gasteiger partial charge in [-0.2, -0.15) is 0 Å². The summed E-state index contributed by atoms with van der Waals surface area (Å²) in [5.41, 5.74) is 1.68. The molecule has 1 amide bonds. The van der Waals surface area contributed by atoms with E-state index in [1.807, 2.05) is 24.3 Å². The highest BCUT2D eigenvalue weighted by molar-refractivity contribution is 6.35. The number of halogens is 2. The number of benzene rings is 2. The monoisotopic (exact) mass is 466 g/mol. The molecule has 1 heterocycles. The molecule has 2 aromatic carbocycles. The van der Waals surface area contributed by atoms with Gasteiger partial charge in [0.15, 0.2) is 12.2 Å². The van der Waals surface area contributed by atoms with Crippen molar-refractivity contribution in [2.75, 3.05) is 36.5 Å². The molecule has 0 saturated carbocycles. The molecule has 1 N–H and O–H groups in total. The first-order chi connectivity index (χ1) is 14.8. The largest absolute Gasteiger partial charge is 0.477 e. The SMILES string of the molecule is CC(OC(=O)C(C)Oc1ccc(Cl)cc1Cl)C(=O)Nc1ccc(N2CCOCC2)cc1. The third-order valence-corrected chi connectivity index (χ3v) is 5.23. The van der Waals surface area contributed by atoms with Crippen LogP contribution in [0.4, 0.5) is 11.4 Å². The van der Waals surface area contributed by atoms with Gasteiger partial charge in [0, 0.05) is 29.5 Å². The van der Waals surface area contributed by atoms with Crippen LogP contribution in [0, 0.1) is 0 Å². The molecule has 1 aliphatic rings. The van der Waals surface area contributed by atoms with Crippen molar-refractivity contribution in [3.05, 3.63) is 52.5 Å². The van der Waals surface area contributed by atoms with E-state index in [0.717, 1.165) is 18.8 Å². The second kappa shape index (κ2) is 10.7. The van der Waals surface area contributed by atoms with Gasteiger partial charge in [0.05, 0.1) is 18.2 Å². The molecule has 1 aliphatic heterocycles. The first-order valence-electron chi connectivity index (χ1n) is 9.89. The third-order valence-electron chi connectivity index (χ3n) is 4.70. The number of carbonyl (C=O) groups excluding carboxylic acids is 2. The molecule has 0 radical (unpaired) electrons. The van der Waals surface area contributed by atoms with Crippen molar-refractivity contribution >= 4 is 46.5 Å². The zero-order valence-corrected chi connectivity index (χ0v) is 18.8. The van der Waals surface area contributed by atoms with Crippen LogP contribution in [0.5, 0.6) is 5.75 Å². The number of carbonyl (C=O) groups is 2. The number of hydrogen-bond acceptors (Lipinski definition) is 6. The first-order valence-corrected chi connectivity index (χ1v) is 10.6. The van der Waals surface area contributed by atoms with E-state index in [1.165, 1.54) is 19.9 Å². The van der Waals surface area contributed by atoms with Crippen LogP contribution in [0.1, 0.15) is 13.8 Å². The van der Waals surface area contributed by atoms with Crippen molar-refractivity contribution in [1.29, 1.82) is 0 Å². The summed E-state index contributed by atoms with van der Waals surface area (Å²) in [7, 11) is 0. The smallest absolute Gasteiger partial charge is 0.347 e. The van der Waals surface area contributed by atoms with Crippen molar-refractivity contribution in [1.82, 2.24) is 0 Å². The van der Waals surface area contributed by atoms with Crippen LogP contribution < -0.4 is 15.0 Å². The average molecular weight is 467 g/mol. The summed E-state index contributed by atoms with van der Waals surface area (Å²) in [5.74, 6) is -0.825. The maximum absolute atomic E-state index is 12.4. The Morgan fingerprint density at radius 3 is 2.35 bits per heavy atom. The van der Waals surface area contributed by atoms with Gasteiger partial charge >= 0.3 is 5.97 Å². The number of nitrogens with one attached hydrogen (secondary N) is 1. The van der Waals surface area contributed by atoms with Gasteiger partial charge in [-0.25, -0.2) is 4.79 Å². The lowest BCUT2D eigenvalue weighted by Crippen LogP contribution is -2.36. The Balaban J connectivity index is 1.50. The minimum Gasteiger partial charge on any atom is -0.477 e. The third kappa shape index (κ3) is 6.50. The molecular formula is C22H24Cl2N2O5. The number of morpholine rings is 1. The van der Waals surface area contributed by atoms with E-state index in [4.69, 9.17) is 37.4 Å². The fourth-order valence-electron chi connectivity index (χ4n) is 2.95. The Morgan fingerprint density at radius 2 is 1.71 bits per heavy atom. The summed E-state index contributed by atoms with van der Waals surface area (Å²) >= 11 is 11.9. The highest BCUT2D eigenvalue weighted by Crippen LogP contribution is 2.28. The van der Waals surface area contributed by atoms with E-state index >= 15 is 0 Å². The standard InChI is InChI=1S/C22H24Cl2N2O5/c1-14(31-22(28)15(2)30-20-8-3-16(23)13-19(20)24)21(27)25-17-4-6-18(7-5-17)26-9-11-29-12-10-26/h3-8,13-15H,9-12H2,1-2H3,(H,25,27). The fraction of sp³-hybridized carbons (Fsp3) is 0.364. The van der Waals surface area contributed by atoms with Crippen LogP contribution in [-0.4, -0.2) is 50.4 Å². The molecule has 166 valence electrons. The molecule has 2 atom stereocenters. The number of esters is 1. The second-order valence-corrected chi connectivity index (χ2v) is 7.89. The molecule has 7 nitrogen and oxygen atoms in total. The molecule has 1 fully saturated rings. The van der Waals surface area contributed by atoms with Gasteiger partial charge in [-0.15, -0.1) is 0 Å². The predicted octanol–water partition coefficient (Wildman–Crippen LogP) is 4.17. The van der Waals surface area contributed by atoms with Gasteiger partial charge in [-0.1, -0.05) is 23.2 Å². The van der Waals surface area contributed by atoms with Crippen LogP contribution >= 0.6 is 23.2 Å². The van der Waals surface area contributed by atoms with E-state index in [0.29, 0.717) is 29.7 Å². The molecule has 31 heavy (non-hydrogen) atoms. The lowest BCUT2D eigenvalue weighted by molar-refractivity contribution is -0.159. The van der Waals surface area contributed by atoms with Crippen LogP contribution in [0.3, 0.4) is 0 Å². The predicted molar refractivity (Wildman–Crippen MR) is 120 cm³/mol. The molecular weight excluding hydrogens is 443 g/mol. The van der Waals surface area contributed by atoms with E-state index in [-0.39, 0.29) is 5.02 Å². The van der Waals surface area contributed by atoms with Gasteiger partial charge in [-0.3, -0.25) is 4.79 Å². The number of nitrogens with zero attached hydrogens (tertiary/aromatic N) is 1. The van der Waals surface area contributed by atoms with Crippen LogP contribution in [-0.2, 0) is 19.1 Å². The zero-order valence-electron chi connectivity index (χ0n) is 17.3. The highest BCUT2D eigenvalue weighted by atomic mass is 35.5. The summed E-state index contributed by atoms with van der Waals surface area (Å²) in [6.07, 6.45) is -1.96. The van der Waals surface area contributed by atoms with Crippen molar-refractivity contribution < 1.29 is 23.8 Å². The second-order valence-electron chi connectivity index (χ2n) is 7.05. The first kappa shape index (κ1) is 23.2. The Morgan fingerprint density at radius 1 is 1.03 bits per heavy atom. The molecule has 0 aliphatic carbocycles. The van der Waals surface area contributed by atoms with Gasteiger partial charge in [0.1, 0.15) is 5.75 Å². The van der Waals surface area contributed by atoms with E-state index < -0.39 is 24.1 Å². The van der Waals surface area contributed by atoms with Crippen molar-refractivity contribution in [3.63, 3.8) is 0 Å². The van der Waals surface area contributed by atoms with Gasteiger partial charge in [0.25, 0.3) is 5.91 Å². The highest BCUT2D eigenvalue weighted by Gasteiger charge is 2.24. The Kier molecular flexibility index (Phi) is 8.01. The normalized spacial score (nSPS) is 15.7. The Labute approximate surface area is 191 Å². The number of anilines is 2. The number of hydrogen-bond donors (Lipinski definition) is 1. The van der Waals surface area contributed by atoms with Crippen molar-refractivity contribution in [2.45, 2.75) is 26.1 Å². The summed E-state index contributed by atoms with van der Waals surface area (Å²) in [6, 6.07) is 12.2. The van der Waals surface area contributed by atoms with Crippen LogP contribution in [0.2, 0.25) is 10.0 Å². The lowest BCUT2D eigenvalue weighted by Gasteiger charge is -2.29. The maximum atomic E-state index is 12.4. The van der Waals surface area contributed by atoms with Gasteiger partial charge in [-0.05, 0) is 56.3 Å². The Bertz CT molecular complexity index is 917. The molecule has 9 heteroatoms. The van der Waals surface area contributed by atoms with E-state index in [9.17, 15) is 9.59 Å². The summed E-state index contributed by atoms with van der Waals surface area (Å²) in [5, 5.41) is 3.48. The fourth-order valence-corrected chi connectivity index (χ4v) is 3.41. The zero-order chi connectivity index (χ0) is 22.4. The molecule has 0 bridgehead atoms. The molecule has 2 unspecified atom stereocenters. The summed E-state index contributed by atoms with van der Waals surface area (Å²) in [4.78, 5) is 26.9. The average Bonchev–Trinajstić information content (AvgIpc) is 2.76. The van der Waals surface area contributed by atoms with Gasteiger partial charge in [0.2, 0.25) is 0 Å². The molecule has 3 rings (SSSR count). The summed E-state index contributed by atoms with van der Waals surface area (Å²) in [6.45, 7) is 6.08. The quantitative estimate of drug-likeness (QED) is 0.617. The maximum Gasteiger partial charge on any atom is 0.347 e.